The summed E-state index contributed by atoms with van der Waals surface area (Å²) >= 11 is 0. The highest BCUT2D eigenvalue weighted by atomic mass is 16.3. The van der Waals surface area contributed by atoms with Gasteiger partial charge in [0.1, 0.15) is 17.3 Å². The van der Waals surface area contributed by atoms with Crippen LogP contribution in [0, 0.1) is 0 Å². The van der Waals surface area contributed by atoms with Gasteiger partial charge in [-0.1, -0.05) is 0 Å². The number of benzene rings is 1. The van der Waals surface area contributed by atoms with E-state index in [1.807, 2.05) is 19.1 Å². The predicted octanol–water partition coefficient (Wildman–Crippen LogP) is 2.97. The first-order valence-corrected chi connectivity index (χ1v) is 6.36. The molecule has 2 atom stereocenters. The minimum Gasteiger partial charge on any atom is -0.508 e. The Kier molecular flexibility index (Phi) is 4.12. The van der Waals surface area contributed by atoms with Crippen LogP contribution in [0.25, 0.3) is 0 Å². The van der Waals surface area contributed by atoms with E-state index in [1.165, 1.54) is 12.1 Å². The van der Waals surface area contributed by atoms with Gasteiger partial charge in [0.2, 0.25) is 0 Å². The van der Waals surface area contributed by atoms with E-state index in [0.29, 0.717) is 5.56 Å². The molecule has 1 aromatic carbocycles. The molecule has 0 spiro atoms. The van der Waals surface area contributed by atoms with Crippen molar-refractivity contribution in [3.05, 3.63) is 47.9 Å². The van der Waals surface area contributed by atoms with Crippen LogP contribution >= 0.6 is 0 Å². The van der Waals surface area contributed by atoms with Crippen LogP contribution in [0.3, 0.4) is 0 Å². The van der Waals surface area contributed by atoms with Crippen molar-refractivity contribution in [2.45, 2.75) is 32.4 Å². The summed E-state index contributed by atoms with van der Waals surface area (Å²) in [7, 11) is 0. The molecule has 2 aromatic rings. The third-order valence-electron chi connectivity index (χ3n) is 3.10. The quantitative estimate of drug-likeness (QED) is 0.724. The van der Waals surface area contributed by atoms with Crippen LogP contribution in [0.4, 0.5) is 0 Å². The minimum atomic E-state index is -0.0583. The summed E-state index contributed by atoms with van der Waals surface area (Å²) in [6.45, 7) is 4.01. The van der Waals surface area contributed by atoms with E-state index < -0.39 is 0 Å². The number of aromatic hydroxyl groups is 2. The van der Waals surface area contributed by atoms with Crippen molar-refractivity contribution in [2.75, 3.05) is 0 Å². The Bertz CT molecular complexity index is 522. The van der Waals surface area contributed by atoms with Crippen LogP contribution in [-0.4, -0.2) is 16.3 Å². The molecule has 0 bridgehead atoms. The molecule has 0 aliphatic carbocycles. The number of hydrogen-bond donors (Lipinski definition) is 3. The number of nitrogens with one attached hydrogen (secondary N) is 1. The average Bonchev–Trinajstić information content (AvgIpc) is 2.84. The summed E-state index contributed by atoms with van der Waals surface area (Å²) in [5.74, 6) is 1.26. The van der Waals surface area contributed by atoms with Crippen LogP contribution in [0.1, 0.15) is 31.2 Å². The molecule has 0 fully saturated rings. The maximum absolute atomic E-state index is 9.81. The van der Waals surface area contributed by atoms with Crippen molar-refractivity contribution < 1.29 is 14.6 Å². The van der Waals surface area contributed by atoms with Crippen LogP contribution in [0.2, 0.25) is 0 Å². The molecule has 1 aromatic heterocycles. The lowest BCUT2D eigenvalue weighted by atomic mass is 10.0. The Hall–Kier alpha value is -1.94. The lowest BCUT2D eigenvalue weighted by Crippen LogP contribution is -2.30. The van der Waals surface area contributed by atoms with Crippen LogP contribution in [0.15, 0.2) is 41.0 Å². The number of furan rings is 1. The minimum absolute atomic E-state index is 0.0583. The topological polar surface area (TPSA) is 65.6 Å². The molecule has 0 saturated carbocycles. The van der Waals surface area contributed by atoms with Crippen molar-refractivity contribution in [3.8, 4) is 11.5 Å². The fourth-order valence-corrected chi connectivity index (χ4v) is 2.19. The lowest BCUT2D eigenvalue weighted by molar-refractivity contribution is 0.409. The Morgan fingerprint density at radius 3 is 2.68 bits per heavy atom. The van der Waals surface area contributed by atoms with E-state index in [9.17, 15) is 10.2 Å². The van der Waals surface area contributed by atoms with E-state index in [-0.39, 0.29) is 23.6 Å². The highest BCUT2D eigenvalue weighted by Crippen LogP contribution is 2.28. The molecular formula is C15H19NO3. The zero-order valence-corrected chi connectivity index (χ0v) is 11.1. The molecule has 0 saturated heterocycles. The fraction of sp³-hybridized carbons (Fsp3) is 0.333. The number of hydrogen-bond acceptors (Lipinski definition) is 4. The van der Waals surface area contributed by atoms with E-state index in [1.54, 1.807) is 12.3 Å². The van der Waals surface area contributed by atoms with Gasteiger partial charge in [-0.05, 0) is 44.2 Å². The molecule has 2 unspecified atom stereocenters. The summed E-state index contributed by atoms with van der Waals surface area (Å²) in [5, 5.41) is 22.7. The van der Waals surface area contributed by atoms with Gasteiger partial charge < -0.3 is 19.9 Å². The monoisotopic (exact) mass is 261 g/mol. The smallest absolute Gasteiger partial charge is 0.120 e. The largest absolute Gasteiger partial charge is 0.508 e. The van der Waals surface area contributed by atoms with Gasteiger partial charge in [0.15, 0.2) is 0 Å². The van der Waals surface area contributed by atoms with E-state index in [0.717, 1.165) is 12.2 Å². The SMILES string of the molecule is CC(Cc1ccco1)NC(C)c1cc(O)ccc1O. The van der Waals surface area contributed by atoms with E-state index in [2.05, 4.69) is 12.2 Å². The Morgan fingerprint density at radius 2 is 2.00 bits per heavy atom. The second-order valence-corrected chi connectivity index (χ2v) is 4.82. The molecule has 4 nitrogen and oxygen atoms in total. The average molecular weight is 261 g/mol. The highest BCUT2D eigenvalue weighted by molar-refractivity contribution is 5.40. The maximum atomic E-state index is 9.81. The summed E-state index contributed by atoms with van der Waals surface area (Å²) in [6, 6.07) is 8.49. The number of phenolic OH excluding ortho intramolecular Hbond substituents is 2. The van der Waals surface area contributed by atoms with Gasteiger partial charge in [0.05, 0.1) is 6.26 Å². The first kappa shape index (κ1) is 13.5. The molecule has 102 valence electrons. The Balaban J connectivity index is 2.00. The van der Waals surface area contributed by atoms with Gasteiger partial charge >= 0.3 is 0 Å². The summed E-state index contributed by atoms with van der Waals surface area (Å²) in [4.78, 5) is 0. The predicted molar refractivity (Wildman–Crippen MR) is 73.2 cm³/mol. The van der Waals surface area contributed by atoms with Crippen molar-refractivity contribution in [1.82, 2.24) is 5.32 Å². The van der Waals surface area contributed by atoms with Gasteiger partial charge in [-0.25, -0.2) is 0 Å². The van der Waals surface area contributed by atoms with Crippen LogP contribution in [-0.2, 0) is 6.42 Å². The first-order valence-electron chi connectivity index (χ1n) is 6.36. The molecule has 1 heterocycles. The van der Waals surface area contributed by atoms with Gasteiger partial charge in [0, 0.05) is 24.1 Å². The molecular weight excluding hydrogens is 242 g/mol. The van der Waals surface area contributed by atoms with Crippen molar-refractivity contribution in [2.24, 2.45) is 0 Å². The Morgan fingerprint density at radius 1 is 1.21 bits per heavy atom. The first-order chi connectivity index (χ1) is 9.06. The van der Waals surface area contributed by atoms with E-state index in [4.69, 9.17) is 4.42 Å². The number of phenols is 2. The fourth-order valence-electron chi connectivity index (χ4n) is 2.19. The molecule has 0 radical (unpaired) electrons. The van der Waals surface area contributed by atoms with Gasteiger partial charge in [-0.15, -0.1) is 0 Å². The van der Waals surface area contributed by atoms with Crippen molar-refractivity contribution >= 4 is 0 Å². The van der Waals surface area contributed by atoms with Crippen molar-refractivity contribution in [1.29, 1.82) is 0 Å². The highest BCUT2D eigenvalue weighted by Gasteiger charge is 2.14. The second kappa shape index (κ2) is 5.80. The van der Waals surface area contributed by atoms with E-state index >= 15 is 0 Å². The van der Waals surface area contributed by atoms with Gasteiger partial charge in [-0.2, -0.15) is 0 Å². The standard InChI is InChI=1S/C15H19NO3/c1-10(8-13-4-3-7-19-13)16-11(2)14-9-12(17)5-6-15(14)18/h3-7,9-11,16-18H,8H2,1-2H3. The second-order valence-electron chi connectivity index (χ2n) is 4.82. The normalized spacial score (nSPS) is 14.2. The molecule has 4 heteroatoms. The molecule has 2 rings (SSSR count). The third-order valence-corrected chi connectivity index (χ3v) is 3.10. The van der Waals surface area contributed by atoms with Crippen LogP contribution in [0.5, 0.6) is 11.5 Å². The summed E-state index contributed by atoms with van der Waals surface area (Å²) in [5.41, 5.74) is 0.686. The van der Waals surface area contributed by atoms with Crippen molar-refractivity contribution in [3.63, 3.8) is 0 Å². The lowest BCUT2D eigenvalue weighted by Gasteiger charge is -2.20. The molecule has 0 amide bonds. The van der Waals surface area contributed by atoms with Gasteiger partial charge in [0.25, 0.3) is 0 Å². The molecule has 0 aliphatic heterocycles. The molecule has 3 N–H and O–H groups in total. The molecule has 19 heavy (non-hydrogen) atoms. The maximum Gasteiger partial charge on any atom is 0.120 e. The zero-order valence-electron chi connectivity index (χ0n) is 11.1. The zero-order chi connectivity index (χ0) is 13.8. The molecule has 0 aliphatic rings. The summed E-state index contributed by atoms with van der Waals surface area (Å²) < 4.78 is 5.30. The van der Waals surface area contributed by atoms with Gasteiger partial charge in [-0.3, -0.25) is 0 Å². The Labute approximate surface area is 112 Å². The third kappa shape index (κ3) is 3.51. The summed E-state index contributed by atoms with van der Waals surface area (Å²) in [6.07, 6.45) is 2.43. The number of rotatable bonds is 5. The van der Waals surface area contributed by atoms with Crippen LogP contribution < -0.4 is 5.32 Å².